The number of nitriles is 1. The maximum Gasteiger partial charge on any atom is 0.125 e. The third kappa shape index (κ3) is 2.08. The zero-order valence-corrected chi connectivity index (χ0v) is 8.27. The molecule has 0 bridgehead atoms. The Hall–Kier alpha value is -1.43. The molecular weight excluding hydrogens is 174 g/mol. The molecule has 2 rings (SSSR count). The van der Waals surface area contributed by atoms with Crippen LogP contribution >= 0.6 is 0 Å². The van der Waals surface area contributed by atoms with Crippen LogP contribution in [0.3, 0.4) is 0 Å². The molecule has 0 aromatic carbocycles. The topological polar surface area (TPSA) is 49.6 Å². The molecule has 1 fully saturated rings. The van der Waals surface area contributed by atoms with Crippen LogP contribution in [-0.2, 0) is 0 Å². The third-order valence-electron chi connectivity index (χ3n) is 2.63. The van der Waals surface area contributed by atoms with Gasteiger partial charge in [-0.3, -0.25) is 0 Å². The molecule has 3 nitrogen and oxygen atoms in total. The lowest BCUT2D eigenvalue weighted by atomic mass is 9.97. The average molecular weight is 187 g/mol. The van der Waals surface area contributed by atoms with E-state index in [9.17, 15) is 0 Å². The highest BCUT2D eigenvalue weighted by molar-refractivity contribution is 5.19. The van der Waals surface area contributed by atoms with Crippen molar-refractivity contribution in [3.05, 3.63) is 23.8 Å². The highest BCUT2D eigenvalue weighted by Gasteiger charge is 2.26. The average Bonchev–Trinajstić information content (AvgIpc) is 3.00. The molecule has 1 heterocycles. The number of rotatable bonds is 3. The zero-order valence-electron chi connectivity index (χ0n) is 8.27. The first-order valence-corrected chi connectivity index (χ1v) is 4.97. The van der Waals surface area contributed by atoms with Gasteiger partial charge in [0.1, 0.15) is 5.82 Å². The summed E-state index contributed by atoms with van der Waals surface area (Å²) in [6.45, 7) is 1.85. The van der Waals surface area contributed by atoms with Crippen LogP contribution in [0.5, 0.6) is 0 Å². The fourth-order valence-corrected chi connectivity index (χ4v) is 1.53. The van der Waals surface area contributed by atoms with Gasteiger partial charge in [0.05, 0.1) is 12.0 Å². The minimum atomic E-state index is -0.0110. The molecule has 0 spiro atoms. The van der Waals surface area contributed by atoms with Crippen LogP contribution in [0.1, 0.15) is 36.6 Å². The Morgan fingerprint density at radius 1 is 1.50 bits per heavy atom. The van der Waals surface area contributed by atoms with Crippen LogP contribution in [0.25, 0.3) is 0 Å². The summed E-state index contributed by atoms with van der Waals surface area (Å²) in [6, 6.07) is 2.33. The molecule has 3 heteroatoms. The second-order valence-corrected chi connectivity index (χ2v) is 3.92. The lowest BCUT2D eigenvalue weighted by Crippen LogP contribution is -1.99. The first-order valence-electron chi connectivity index (χ1n) is 4.97. The number of hydrogen-bond donors (Lipinski definition) is 0. The fourth-order valence-electron chi connectivity index (χ4n) is 1.53. The highest BCUT2D eigenvalue weighted by Crippen LogP contribution is 2.38. The van der Waals surface area contributed by atoms with Gasteiger partial charge >= 0.3 is 0 Å². The van der Waals surface area contributed by atoms with Gasteiger partial charge in [0.15, 0.2) is 0 Å². The van der Waals surface area contributed by atoms with Gasteiger partial charge in [-0.2, -0.15) is 5.26 Å². The molecule has 1 unspecified atom stereocenters. The molecule has 1 saturated carbocycles. The summed E-state index contributed by atoms with van der Waals surface area (Å²) in [5.41, 5.74) is 0.963. The minimum Gasteiger partial charge on any atom is -0.241 e. The lowest BCUT2D eigenvalue weighted by Gasteiger charge is -2.06. The summed E-state index contributed by atoms with van der Waals surface area (Å²) in [5.74, 6) is 1.51. The smallest absolute Gasteiger partial charge is 0.125 e. The molecule has 1 aliphatic rings. The van der Waals surface area contributed by atoms with Gasteiger partial charge in [-0.15, -0.1) is 0 Å². The van der Waals surface area contributed by atoms with Crippen molar-refractivity contribution in [3.63, 3.8) is 0 Å². The van der Waals surface area contributed by atoms with E-state index in [2.05, 4.69) is 16.0 Å². The van der Waals surface area contributed by atoms with Crippen molar-refractivity contribution in [3.8, 4) is 6.07 Å². The normalized spacial score (nSPS) is 17.4. The maximum atomic E-state index is 9.02. The Balaban J connectivity index is 2.10. The van der Waals surface area contributed by atoms with Gasteiger partial charge in [0, 0.05) is 18.0 Å². The highest BCUT2D eigenvalue weighted by atomic mass is 14.8. The monoisotopic (exact) mass is 187 g/mol. The molecule has 0 radical (unpaired) electrons. The molecule has 1 aliphatic carbocycles. The molecule has 1 aromatic heterocycles. The molecule has 72 valence electrons. The van der Waals surface area contributed by atoms with Crippen LogP contribution in [0.15, 0.2) is 12.4 Å². The van der Waals surface area contributed by atoms with Gasteiger partial charge in [-0.25, -0.2) is 9.97 Å². The van der Waals surface area contributed by atoms with E-state index in [1.807, 2.05) is 6.92 Å². The van der Waals surface area contributed by atoms with Crippen LogP contribution in [0.2, 0.25) is 0 Å². The molecule has 1 aromatic rings. The molecule has 0 amide bonds. The summed E-state index contributed by atoms with van der Waals surface area (Å²) >= 11 is 0. The van der Waals surface area contributed by atoms with E-state index in [0.29, 0.717) is 0 Å². The van der Waals surface area contributed by atoms with Crippen molar-refractivity contribution in [1.29, 1.82) is 5.26 Å². The molecule has 1 atom stereocenters. The van der Waals surface area contributed by atoms with E-state index >= 15 is 0 Å². The van der Waals surface area contributed by atoms with Gasteiger partial charge < -0.3 is 0 Å². The largest absolute Gasteiger partial charge is 0.241 e. The fraction of sp³-hybridized carbons (Fsp3) is 0.545. The van der Waals surface area contributed by atoms with Crippen LogP contribution in [-0.4, -0.2) is 9.97 Å². The van der Waals surface area contributed by atoms with Crippen molar-refractivity contribution in [2.75, 3.05) is 0 Å². The summed E-state index contributed by atoms with van der Waals surface area (Å²) in [7, 11) is 0. The van der Waals surface area contributed by atoms with Crippen LogP contribution < -0.4 is 0 Å². The number of hydrogen-bond acceptors (Lipinski definition) is 3. The molecule has 0 N–H and O–H groups in total. The summed E-state index contributed by atoms with van der Waals surface area (Å²) in [4.78, 5) is 8.23. The molecule has 14 heavy (non-hydrogen) atoms. The summed E-state index contributed by atoms with van der Waals surface area (Å²) in [5, 5.41) is 9.02. The Morgan fingerprint density at radius 3 is 2.64 bits per heavy atom. The van der Waals surface area contributed by atoms with Crippen molar-refractivity contribution in [1.82, 2.24) is 9.97 Å². The quantitative estimate of drug-likeness (QED) is 0.728. The molecule has 0 aliphatic heterocycles. The second-order valence-electron chi connectivity index (χ2n) is 3.92. The minimum absolute atomic E-state index is 0.0110. The number of aromatic nitrogens is 2. The van der Waals surface area contributed by atoms with E-state index in [0.717, 1.165) is 23.7 Å². The van der Waals surface area contributed by atoms with Crippen LogP contribution in [0, 0.1) is 24.2 Å². The Bertz CT molecular complexity index is 346. The van der Waals surface area contributed by atoms with E-state index in [1.165, 1.54) is 12.8 Å². The van der Waals surface area contributed by atoms with Crippen LogP contribution in [0.4, 0.5) is 0 Å². The lowest BCUT2D eigenvalue weighted by molar-refractivity contribution is 0.666. The third-order valence-corrected chi connectivity index (χ3v) is 2.63. The van der Waals surface area contributed by atoms with Crippen molar-refractivity contribution >= 4 is 0 Å². The van der Waals surface area contributed by atoms with Gasteiger partial charge in [-0.05, 0) is 19.3 Å². The Kier molecular flexibility index (Phi) is 2.45. The summed E-state index contributed by atoms with van der Waals surface area (Å²) < 4.78 is 0. The van der Waals surface area contributed by atoms with Gasteiger partial charge in [0.25, 0.3) is 0 Å². The first kappa shape index (κ1) is 9.14. The van der Waals surface area contributed by atoms with Crippen molar-refractivity contribution < 1.29 is 0 Å². The first-order chi connectivity index (χ1) is 6.79. The Morgan fingerprint density at radius 2 is 2.14 bits per heavy atom. The van der Waals surface area contributed by atoms with E-state index < -0.39 is 0 Å². The number of nitrogens with zero attached hydrogens (tertiary/aromatic N) is 3. The zero-order chi connectivity index (χ0) is 9.97. The molecule has 0 saturated heterocycles. The van der Waals surface area contributed by atoms with E-state index in [4.69, 9.17) is 5.26 Å². The molecular formula is C11H13N3. The maximum absolute atomic E-state index is 9.02. The predicted molar refractivity (Wildman–Crippen MR) is 52.5 cm³/mol. The van der Waals surface area contributed by atoms with Crippen molar-refractivity contribution in [2.24, 2.45) is 5.92 Å². The number of aryl methyl sites for hydroxylation is 1. The predicted octanol–water partition coefficient (Wildman–Crippen LogP) is 2.19. The summed E-state index contributed by atoms with van der Waals surface area (Å²) in [6.07, 6.45) is 7.09. The van der Waals surface area contributed by atoms with E-state index in [1.54, 1.807) is 12.4 Å². The SMILES string of the molecule is Cc1ncc(C(C#N)CC2CC2)cn1. The second kappa shape index (κ2) is 3.75. The standard InChI is InChI=1S/C11H13N3/c1-8-13-6-11(7-14-8)10(5-12)4-9-2-3-9/h6-7,9-10H,2-4H2,1H3. The van der Waals surface area contributed by atoms with Gasteiger partial charge in [0.2, 0.25) is 0 Å². The van der Waals surface area contributed by atoms with Gasteiger partial charge in [-0.1, -0.05) is 12.8 Å². The Labute approximate surface area is 83.8 Å². The van der Waals surface area contributed by atoms with E-state index in [-0.39, 0.29) is 5.92 Å². The van der Waals surface area contributed by atoms with Crippen molar-refractivity contribution in [2.45, 2.75) is 32.1 Å².